The summed E-state index contributed by atoms with van der Waals surface area (Å²) in [6, 6.07) is 0. The maximum Gasteiger partial charge on any atom is 3.00 e. The molecule has 0 aromatic heterocycles. The Hall–Kier alpha value is 12.1. The van der Waals surface area contributed by atoms with Gasteiger partial charge in [-0.15, -0.1) is 0 Å². The minimum absolute atomic E-state index is 0. The van der Waals surface area contributed by atoms with Gasteiger partial charge in [-0.2, -0.15) is 27.7 Å². The number of rotatable bonds is 0. The topological polar surface area (TPSA) is 0 Å². The normalized spacial score (nSPS) is 4.36. The second-order valence-electron chi connectivity index (χ2n) is 2.65. The van der Waals surface area contributed by atoms with E-state index in [1.807, 2.05) is 40.5 Å². The van der Waals surface area contributed by atoms with Gasteiger partial charge in [-0.25, -0.2) is 0 Å². The van der Waals surface area contributed by atoms with Crippen LogP contribution in [-0.4, -0.2) is 0 Å². The van der Waals surface area contributed by atoms with Gasteiger partial charge in [0, 0.05) is 294 Å². The van der Waals surface area contributed by atoms with Gasteiger partial charge in [-0.05, 0) is 0 Å². The smallest absolute Gasteiger partial charge is 0.584 e. The molecule has 0 rings (SSSR count). The zero-order valence-electron chi connectivity index (χ0n) is 14.8. The van der Waals surface area contributed by atoms with Gasteiger partial charge >= 0.3 is 65.4 Å². The summed E-state index contributed by atoms with van der Waals surface area (Å²) in [4.78, 5) is 0. The Labute approximate surface area is 420 Å². The molecule has 0 nitrogen and oxygen atoms in total. The third kappa shape index (κ3) is 211. The van der Waals surface area contributed by atoms with Crippen molar-refractivity contribution in [1.82, 2.24) is 0 Å². The molecule has 0 aliphatic heterocycles. The molecule has 0 unspecified atom stereocenters. The first-order valence-electron chi connectivity index (χ1n) is 3.72. The van der Waals surface area contributed by atoms with Crippen molar-refractivity contribution in [3.8, 4) is 0 Å². The summed E-state index contributed by atoms with van der Waals surface area (Å²) in [7, 11) is 0. The van der Waals surface area contributed by atoms with Crippen molar-refractivity contribution >= 4 is 0 Å². The first-order chi connectivity index (χ1) is 4.83. The van der Waals surface area contributed by atoms with E-state index in [1.165, 1.54) is 0 Å². The molecule has 0 spiro atoms. The van der Waals surface area contributed by atoms with Crippen LogP contribution in [0.3, 0.4) is 0 Å². The molecule has 0 N–H and O–H groups in total. The van der Waals surface area contributed by atoms with Gasteiger partial charge in [0.25, 0.3) is 0 Å². The van der Waals surface area contributed by atoms with Crippen LogP contribution in [-0.2, 0) is 360 Å². The van der Waals surface area contributed by atoms with Crippen LogP contribution < -0.4 is 0 Å². The van der Waals surface area contributed by atoms with Gasteiger partial charge in [0.1, 0.15) is 0 Å². The molecule has 0 bridgehead atoms. The molecule has 0 atom stereocenters. The molecule has 22 heavy (non-hydrogen) atoms. The fourth-order valence-corrected chi connectivity index (χ4v) is 0. The first-order valence-corrected chi connectivity index (χ1v) is 3.72. The van der Waals surface area contributed by atoms with Crippen molar-refractivity contribution in [3.63, 3.8) is 0 Å². The summed E-state index contributed by atoms with van der Waals surface area (Å²) < 4.78 is 0. The van der Waals surface area contributed by atoms with E-state index in [-0.39, 0.29) is 360 Å². The minimum Gasteiger partial charge on any atom is -0.584 e. The van der Waals surface area contributed by atoms with E-state index in [0.717, 1.165) is 0 Å². The predicted molar refractivity (Wildman–Crippen MR) is 55.2 cm³/mol. The van der Waals surface area contributed by atoms with Gasteiger partial charge in [0.05, 0.1) is 0 Å². The van der Waals surface area contributed by atoms with Crippen molar-refractivity contribution in [2.24, 2.45) is 5.41 Å². The maximum absolute atomic E-state index is 3.44. The summed E-state index contributed by atoms with van der Waals surface area (Å²) in [5.74, 6) is 0. The molecule has 0 aromatic carbocycles. The van der Waals surface area contributed by atoms with Crippen LogP contribution in [0.1, 0.15) is 27.7 Å². The number of hydrogen-bond acceptors (Lipinski definition) is 0. The Morgan fingerprint density at radius 2 is 0.455 bits per heavy atom. The molecular weight excluding hydrogens is 1110 g/mol. The molecule has 9 radical (unpaired) electrons. The van der Waals surface area contributed by atoms with Crippen LogP contribution in [0.2, 0.25) is 0 Å². The van der Waals surface area contributed by atoms with Crippen LogP contribution in [0.5, 0.6) is 0 Å². The van der Waals surface area contributed by atoms with Gasteiger partial charge < -0.3 is 46.0 Å². The summed E-state index contributed by atoms with van der Waals surface area (Å²) in [6.45, 7) is 21.8. The van der Waals surface area contributed by atoms with Gasteiger partial charge in [0.15, 0.2) is 0 Å². The van der Waals surface area contributed by atoms with Crippen molar-refractivity contribution < 1.29 is 360 Å². The van der Waals surface area contributed by atoms with E-state index >= 15 is 0 Å². The third-order valence-electron chi connectivity index (χ3n) is 0. The van der Waals surface area contributed by atoms with Gasteiger partial charge in [-0.3, -0.25) is 0 Å². The molecular formula is C11H22Y11. The minimum atomic E-state index is -0.500. The predicted octanol–water partition coefficient (Wildman–Crippen LogP) is 3.74. The molecule has 0 fully saturated rings. The summed E-state index contributed by atoms with van der Waals surface area (Å²) in [6.07, 6.45) is 4.00. The van der Waals surface area contributed by atoms with E-state index in [0.29, 0.717) is 0 Å². The molecule has 0 saturated heterocycles. The number of hydrogen-bond donors (Lipinski definition) is 0. The van der Waals surface area contributed by atoms with Crippen LogP contribution in [0.15, 0.2) is 0 Å². The quantitative estimate of drug-likeness (QED) is 0.325. The second-order valence-corrected chi connectivity index (χ2v) is 2.65. The molecule has 0 saturated carbocycles. The molecule has 0 aliphatic carbocycles. The fourth-order valence-electron chi connectivity index (χ4n) is 0. The van der Waals surface area contributed by atoms with E-state index in [1.54, 1.807) is 0 Å². The zero-order valence-corrected chi connectivity index (χ0v) is 46.1. The second kappa shape index (κ2) is 84.4. The summed E-state index contributed by atoms with van der Waals surface area (Å²) in [5.41, 5.74) is -0.500. The average Bonchev–Trinajstić information content (AvgIpc) is 1.62. The fraction of sp³-hybridized carbons (Fsp3) is 0.455. The van der Waals surface area contributed by atoms with E-state index in [9.17, 15) is 0 Å². The van der Waals surface area contributed by atoms with Gasteiger partial charge in [0.2, 0.25) is 0 Å². The van der Waals surface area contributed by atoms with E-state index < -0.39 is 5.41 Å². The largest absolute Gasteiger partial charge is 3.00 e. The van der Waals surface area contributed by atoms with Crippen molar-refractivity contribution in [3.05, 3.63) is 40.5 Å². The van der Waals surface area contributed by atoms with Crippen LogP contribution in [0, 0.1) is 46.0 Å². The van der Waals surface area contributed by atoms with Crippen molar-refractivity contribution in [1.29, 1.82) is 0 Å². The van der Waals surface area contributed by atoms with Crippen LogP contribution in [0.4, 0.5) is 0 Å². The average molecular weight is 1130 g/mol. The standard InChI is InChI=1S/C5H8.2C3H7.11Y/c1-5(2,3)4;2*1-3-2;;;;;;;;;;;/h1-4H2;2*3H,1-2H3;;;;;;;;;;;/q-4;2*-1;;;;;;;;;;2*+3. The van der Waals surface area contributed by atoms with Crippen molar-refractivity contribution in [2.75, 3.05) is 0 Å². The SMILES string of the molecule is C[CH-]C.C[CH-]C.[CH2-]C([CH2-])([CH2-])[CH2-].[Y+3].[Y+3].[Y].[Y].[Y].[Y].[Y].[Y].[Y].[Y].[Y]. The first kappa shape index (κ1) is 92.4. The Bertz CT molecular complexity index is 52.5. The van der Waals surface area contributed by atoms with Crippen LogP contribution in [0.25, 0.3) is 0 Å². The molecule has 0 aromatic rings. The molecule has 11 heteroatoms. The van der Waals surface area contributed by atoms with Gasteiger partial charge in [-0.1, -0.05) is 0 Å². The maximum atomic E-state index is 3.44. The van der Waals surface area contributed by atoms with Crippen LogP contribution >= 0.6 is 0 Å². The van der Waals surface area contributed by atoms with E-state index in [2.05, 4.69) is 27.7 Å². The molecule has 0 heterocycles. The monoisotopic (exact) mass is 1130 g/mol. The Morgan fingerprint density at radius 3 is 0.455 bits per heavy atom. The van der Waals surface area contributed by atoms with Crippen molar-refractivity contribution in [2.45, 2.75) is 27.7 Å². The third-order valence-corrected chi connectivity index (χ3v) is 0. The molecule has 0 amide bonds. The Kier molecular flexibility index (Phi) is 355. The summed E-state index contributed by atoms with van der Waals surface area (Å²) >= 11 is 0. The molecule has 0 aliphatic rings. The Balaban J connectivity index is -0.00000000297. The zero-order chi connectivity index (χ0) is 9.91. The van der Waals surface area contributed by atoms with E-state index in [4.69, 9.17) is 0 Å². The summed E-state index contributed by atoms with van der Waals surface area (Å²) in [5, 5.41) is 0. The molecule has 99 valence electrons. The Morgan fingerprint density at radius 1 is 0.455 bits per heavy atom.